The fourth-order valence-corrected chi connectivity index (χ4v) is 3.23. The van der Waals surface area contributed by atoms with Gasteiger partial charge >= 0.3 is 6.03 Å². The molecule has 5 nitrogen and oxygen atoms in total. The number of amides is 3. The second kappa shape index (κ2) is 6.95. The lowest BCUT2D eigenvalue weighted by Crippen LogP contribution is -2.56. The van der Waals surface area contributed by atoms with Crippen LogP contribution in [0.25, 0.3) is 0 Å². The van der Waals surface area contributed by atoms with Crippen molar-refractivity contribution in [1.29, 1.82) is 0 Å². The highest BCUT2D eigenvalue weighted by Gasteiger charge is 2.29. The molecule has 7 heteroatoms. The van der Waals surface area contributed by atoms with E-state index in [1.165, 1.54) is 11.3 Å². The van der Waals surface area contributed by atoms with Crippen LogP contribution in [-0.2, 0) is 11.2 Å². The van der Waals surface area contributed by atoms with Gasteiger partial charge in [-0.25, -0.2) is 4.79 Å². The number of hydrogen-bond donors (Lipinski definition) is 3. The first-order valence-electron chi connectivity index (χ1n) is 6.62. The molecule has 1 aliphatic rings. The molecular weight excluding hydrogens is 298 g/mol. The molecule has 0 saturated carbocycles. The van der Waals surface area contributed by atoms with E-state index < -0.39 is 6.04 Å². The monoisotopic (exact) mass is 315 g/mol. The molecule has 0 radical (unpaired) electrons. The van der Waals surface area contributed by atoms with Crippen LogP contribution < -0.4 is 16.0 Å². The van der Waals surface area contributed by atoms with Crippen LogP contribution in [0.5, 0.6) is 0 Å². The maximum absolute atomic E-state index is 11.8. The maximum Gasteiger partial charge on any atom is 0.315 e. The highest BCUT2D eigenvalue weighted by Crippen LogP contribution is 2.21. The van der Waals surface area contributed by atoms with Gasteiger partial charge in [0.1, 0.15) is 6.04 Å². The van der Waals surface area contributed by atoms with E-state index in [4.69, 9.17) is 11.6 Å². The van der Waals surface area contributed by atoms with E-state index >= 15 is 0 Å². The summed E-state index contributed by atoms with van der Waals surface area (Å²) in [6, 6.07) is 3.04. The summed E-state index contributed by atoms with van der Waals surface area (Å²) in [6.07, 6.45) is 1.61. The number of halogens is 1. The topological polar surface area (TPSA) is 70.2 Å². The molecule has 1 saturated heterocycles. The Morgan fingerprint density at radius 3 is 3.00 bits per heavy atom. The van der Waals surface area contributed by atoms with Gasteiger partial charge in [0.15, 0.2) is 0 Å². The van der Waals surface area contributed by atoms with Crippen LogP contribution >= 0.6 is 22.9 Å². The Morgan fingerprint density at radius 1 is 1.55 bits per heavy atom. The summed E-state index contributed by atoms with van der Waals surface area (Å²) in [6.45, 7) is 3.17. The average molecular weight is 316 g/mol. The van der Waals surface area contributed by atoms with Crippen molar-refractivity contribution < 1.29 is 9.59 Å². The predicted octanol–water partition coefficient (Wildman–Crippen LogP) is 1.77. The minimum absolute atomic E-state index is 0.107. The maximum atomic E-state index is 11.8. The molecule has 2 unspecified atom stereocenters. The SMILES string of the molecule is CC1CCNC(=O)C1NC(=O)NCCc1ccc(Cl)s1. The van der Waals surface area contributed by atoms with Crippen LogP contribution in [-0.4, -0.2) is 31.1 Å². The number of piperidine rings is 1. The van der Waals surface area contributed by atoms with Crippen LogP contribution in [0.15, 0.2) is 12.1 Å². The smallest absolute Gasteiger partial charge is 0.315 e. The van der Waals surface area contributed by atoms with Crippen LogP contribution in [0.4, 0.5) is 4.79 Å². The van der Waals surface area contributed by atoms with E-state index in [2.05, 4.69) is 16.0 Å². The summed E-state index contributed by atoms with van der Waals surface area (Å²) in [4.78, 5) is 24.6. The molecule has 0 spiro atoms. The minimum atomic E-state index is -0.445. The normalized spacial score (nSPS) is 22.2. The summed E-state index contributed by atoms with van der Waals surface area (Å²) in [7, 11) is 0. The molecule has 1 aromatic heterocycles. The number of hydrogen-bond acceptors (Lipinski definition) is 3. The van der Waals surface area contributed by atoms with Gasteiger partial charge in [-0.1, -0.05) is 18.5 Å². The number of urea groups is 1. The van der Waals surface area contributed by atoms with Crippen LogP contribution in [0.1, 0.15) is 18.2 Å². The third-order valence-electron chi connectivity index (χ3n) is 3.32. The summed E-state index contributed by atoms with van der Waals surface area (Å²) in [5.41, 5.74) is 0. The van der Waals surface area contributed by atoms with Crippen LogP contribution in [0.2, 0.25) is 4.34 Å². The number of carbonyl (C=O) groups is 2. The fourth-order valence-electron chi connectivity index (χ4n) is 2.14. The number of thiophene rings is 1. The number of nitrogens with one attached hydrogen (secondary N) is 3. The molecule has 0 aromatic carbocycles. The van der Waals surface area contributed by atoms with Gasteiger partial charge in [0.25, 0.3) is 0 Å². The van der Waals surface area contributed by atoms with Crippen molar-refractivity contribution >= 4 is 34.9 Å². The summed E-state index contributed by atoms with van der Waals surface area (Å²) >= 11 is 7.34. The van der Waals surface area contributed by atoms with Gasteiger partial charge in [-0.05, 0) is 30.9 Å². The van der Waals surface area contributed by atoms with Crippen molar-refractivity contribution in [1.82, 2.24) is 16.0 Å². The van der Waals surface area contributed by atoms with Gasteiger partial charge in [0.2, 0.25) is 5.91 Å². The number of carbonyl (C=O) groups excluding carboxylic acids is 2. The number of rotatable bonds is 4. The second-order valence-corrected chi connectivity index (χ2v) is 6.69. The molecule has 2 rings (SSSR count). The lowest BCUT2D eigenvalue weighted by molar-refractivity contribution is -0.125. The molecule has 3 N–H and O–H groups in total. The highest BCUT2D eigenvalue weighted by atomic mass is 35.5. The quantitative estimate of drug-likeness (QED) is 0.792. The Balaban J connectivity index is 1.73. The zero-order chi connectivity index (χ0) is 14.5. The summed E-state index contributed by atoms with van der Waals surface area (Å²) in [5, 5.41) is 8.25. The molecule has 1 aliphatic heterocycles. The molecular formula is C13H18ClN3O2S. The largest absolute Gasteiger partial charge is 0.354 e. The first-order valence-corrected chi connectivity index (χ1v) is 7.82. The van der Waals surface area contributed by atoms with Crippen molar-refractivity contribution in [3.05, 3.63) is 21.3 Å². The van der Waals surface area contributed by atoms with Gasteiger partial charge in [-0.15, -0.1) is 11.3 Å². The molecule has 1 fully saturated rings. The predicted molar refractivity (Wildman–Crippen MR) is 80.1 cm³/mol. The Bertz CT molecular complexity index is 492. The van der Waals surface area contributed by atoms with Gasteiger partial charge in [-0.3, -0.25) is 4.79 Å². The van der Waals surface area contributed by atoms with Gasteiger partial charge < -0.3 is 16.0 Å². The Hall–Kier alpha value is -1.27. The van der Waals surface area contributed by atoms with E-state index in [0.717, 1.165) is 22.1 Å². The lowest BCUT2D eigenvalue weighted by Gasteiger charge is -2.28. The molecule has 20 heavy (non-hydrogen) atoms. The molecule has 2 atom stereocenters. The Morgan fingerprint density at radius 2 is 2.35 bits per heavy atom. The van der Waals surface area contributed by atoms with E-state index in [-0.39, 0.29) is 17.9 Å². The summed E-state index contributed by atoms with van der Waals surface area (Å²) < 4.78 is 0.747. The first kappa shape index (κ1) is 15.1. The van der Waals surface area contributed by atoms with Crippen molar-refractivity contribution in [2.24, 2.45) is 5.92 Å². The van der Waals surface area contributed by atoms with Crippen molar-refractivity contribution in [3.8, 4) is 0 Å². The van der Waals surface area contributed by atoms with Gasteiger partial charge in [0.05, 0.1) is 4.34 Å². The van der Waals surface area contributed by atoms with Crippen molar-refractivity contribution in [2.75, 3.05) is 13.1 Å². The molecule has 110 valence electrons. The van der Waals surface area contributed by atoms with Crippen molar-refractivity contribution in [3.63, 3.8) is 0 Å². The van der Waals surface area contributed by atoms with E-state index in [1.807, 2.05) is 19.1 Å². The Labute approximate surface area is 127 Å². The molecule has 0 bridgehead atoms. The minimum Gasteiger partial charge on any atom is -0.354 e. The zero-order valence-electron chi connectivity index (χ0n) is 11.2. The molecule has 0 aliphatic carbocycles. The van der Waals surface area contributed by atoms with E-state index in [9.17, 15) is 9.59 Å². The summed E-state index contributed by atoms with van der Waals surface area (Å²) in [5.74, 6) is 0.0505. The van der Waals surface area contributed by atoms with Crippen molar-refractivity contribution in [2.45, 2.75) is 25.8 Å². The molecule has 1 aromatic rings. The first-order chi connectivity index (χ1) is 9.56. The standard InChI is InChI=1S/C13H18ClN3O2S/c1-8-4-6-15-12(18)11(8)17-13(19)16-7-5-9-2-3-10(14)20-9/h2-3,8,11H,4-7H2,1H3,(H,15,18)(H2,16,17,19). The van der Waals surface area contributed by atoms with E-state index in [1.54, 1.807) is 0 Å². The van der Waals surface area contributed by atoms with Crippen LogP contribution in [0, 0.1) is 5.92 Å². The van der Waals surface area contributed by atoms with Gasteiger partial charge in [-0.2, -0.15) is 0 Å². The highest BCUT2D eigenvalue weighted by molar-refractivity contribution is 7.16. The average Bonchev–Trinajstić information content (AvgIpc) is 2.80. The van der Waals surface area contributed by atoms with E-state index in [0.29, 0.717) is 13.1 Å². The lowest BCUT2D eigenvalue weighted by atomic mass is 9.94. The zero-order valence-corrected chi connectivity index (χ0v) is 12.8. The fraction of sp³-hybridized carbons (Fsp3) is 0.538. The second-order valence-electron chi connectivity index (χ2n) is 4.89. The third-order valence-corrected chi connectivity index (χ3v) is 4.61. The molecule has 2 heterocycles. The Kier molecular flexibility index (Phi) is 5.25. The van der Waals surface area contributed by atoms with Gasteiger partial charge in [0, 0.05) is 18.0 Å². The molecule has 3 amide bonds. The van der Waals surface area contributed by atoms with Crippen LogP contribution in [0.3, 0.4) is 0 Å². The third kappa shape index (κ3) is 4.11.